The van der Waals surface area contributed by atoms with Crippen LogP contribution in [0.2, 0.25) is 0 Å². The van der Waals surface area contributed by atoms with E-state index in [-0.39, 0.29) is 11.9 Å². The van der Waals surface area contributed by atoms with Crippen molar-refractivity contribution in [2.75, 3.05) is 45.5 Å². The van der Waals surface area contributed by atoms with E-state index in [2.05, 4.69) is 9.88 Å². The minimum atomic E-state index is -3.28. The lowest BCUT2D eigenvalue weighted by atomic mass is 10.1. The average molecular weight is 437 g/mol. The summed E-state index contributed by atoms with van der Waals surface area (Å²) in [5.41, 5.74) is 0.978. The molecule has 1 aromatic carbocycles. The smallest absolute Gasteiger partial charge is 0.223 e. The second-order valence-corrected chi connectivity index (χ2v) is 11.0. The Labute approximate surface area is 176 Å². The molecule has 0 unspecified atom stereocenters. The summed E-state index contributed by atoms with van der Waals surface area (Å²) in [6.45, 7) is 4.38. The Morgan fingerprint density at radius 2 is 1.97 bits per heavy atom. The van der Waals surface area contributed by atoms with Gasteiger partial charge in [0.15, 0.2) is 0 Å². The molecule has 7 nitrogen and oxygen atoms in total. The van der Waals surface area contributed by atoms with E-state index in [0.717, 1.165) is 34.9 Å². The van der Waals surface area contributed by atoms with E-state index in [1.165, 1.54) is 19.1 Å². The maximum atomic E-state index is 12.5. The van der Waals surface area contributed by atoms with Crippen molar-refractivity contribution in [3.05, 3.63) is 29.3 Å². The molecule has 2 aliphatic heterocycles. The number of amides is 1. The molecule has 1 amide bonds. The third-order valence-corrected chi connectivity index (χ3v) is 8.20. The van der Waals surface area contributed by atoms with Gasteiger partial charge in [0.05, 0.1) is 27.5 Å². The van der Waals surface area contributed by atoms with Crippen LogP contribution in [0.4, 0.5) is 0 Å². The molecule has 2 fully saturated rings. The van der Waals surface area contributed by atoms with Gasteiger partial charge in [-0.15, -0.1) is 11.3 Å². The zero-order valence-corrected chi connectivity index (χ0v) is 18.4. The Morgan fingerprint density at radius 3 is 2.66 bits per heavy atom. The van der Waals surface area contributed by atoms with Gasteiger partial charge in [-0.3, -0.25) is 4.79 Å². The molecular weight excluding hydrogens is 408 g/mol. The number of thiazole rings is 1. The highest BCUT2D eigenvalue weighted by Crippen LogP contribution is 2.24. The van der Waals surface area contributed by atoms with Crippen molar-refractivity contribution in [2.45, 2.75) is 31.7 Å². The number of para-hydroxylation sites is 1. The van der Waals surface area contributed by atoms with Crippen LogP contribution in [0.15, 0.2) is 24.3 Å². The Morgan fingerprint density at radius 1 is 1.24 bits per heavy atom. The van der Waals surface area contributed by atoms with Crippen LogP contribution >= 0.6 is 11.3 Å². The summed E-state index contributed by atoms with van der Waals surface area (Å²) in [4.78, 5) is 21.2. The van der Waals surface area contributed by atoms with Gasteiger partial charge >= 0.3 is 0 Å². The van der Waals surface area contributed by atoms with Gasteiger partial charge in [-0.2, -0.15) is 4.31 Å². The van der Waals surface area contributed by atoms with Crippen LogP contribution in [0.5, 0.6) is 0 Å². The predicted molar refractivity (Wildman–Crippen MR) is 116 cm³/mol. The number of hydrogen-bond acceptors (Lipinski definition) is 6. The molecule has 0 aliphatic carbocycles. The van der Waals surface area contributed by atoms with Crippen molar-refractivity contribution in [2.24, 2.45) is 0 Å². The normalized spacial score (nSPS) is 18.6. The molecule has 9 heteroatoms. The van der Waals surface area contributed by atoms with E-state index in [9.17, 15) is 13.2 Å². The third-order valence-electron chi connectivity index (χ3n) is 5.77. The zero-order valence-electron chi connectivity index (χ0n) is 16.8. The number of sulfonamides is 1. The maximum Gasteiger partial charge on any atom is 0.223 e. The Kier molecular flexibility index (Phi) is 6.19. The number of rotatable bonds is 8. The van der Waals surface area contributed by atoms with Crippen LogP contribution in [0.3, 0.4) is 0 Å². The summed E-state index contributed by atoms with van der Waals surface area (Å²) < 4.78 is 27.2. The molecule has 4 rings (SSSR count). The van der Waals surface area contributed by atoms with Crippen LogP contribution in [0, 0.1) is 0 Å². The first-order chi connectivity index (χ1) is 13.9. The van der Waals surface area contributed by atoms with Crippen LogP contribution in [-0.2, 0) is 21.2 Å². The molecule has 0 radical (unpaired) electrons. The van der Waals surface area contributed by atoms with Crippen LogP contribution in [-0.4, -0.2) is 85.0 Å². The first-order valence-corrected chi connectivity index (χ1v) is 12.9. The van der Waals surface area contributed by atoms with Crippen molar-refractivity contribution in [1.29, 1.82) is 0 Å². The number of aryl methyl sites for hydroxylation is 1. The summed E-state index contributed by atoms with van der Waals surface area (Å²) in [6.07, 6.45) is 4.70. The van der Waals surface area contributed by atoms with Crippen molar-refractivity contribution < 1.29 is 13.2 Å². The van der Waals surface area contributed by atoms with E-state index in [0.29, 0.717) is 32.5 Å². The summed E-state index contributed by atoms with van der Waals surface area (Å²) >= 11 is 1.63. The molecule has 0 saturated carbocycles. The molecule has 2 aromatic rings. The van der Waals surface area contributed by atoms with E-state index in [1.807, 2.05) is 24.3 Å². The highest BCUT2D eigenvalue weighted by molar-refractivity contribution is 7.88. The lowest BCUT2D eigenvalue weighted by molar-refractivity contribution is -0.137. The maximum absolute atomic E-state index is 12.5. The summed E-state index contributed by atoms with van der Waals surface area (Å²) in [6, 6.07) is 7.89. The summed E-state index contributed by atoms with van der Waals surface area (Å²) in [7, 11) is -3.28. The standard InChI is InChI=1S/C20H28N4O3S2/c1-29(26,27)24(13-12-22-10-4-5-11-22)16-14-23(15-16)20(25)9-8-19-21-17-6-2-3-7-18(17)28-19/h2-3,6-7,16H,4-5,8-15H2,1H3. The highest BCUT2D eigenvalue weighted by atomic mass is 32.2. The minimum absolute atomic E-state index is 0.0773. The van der Waals surface area contributed by atoms with Gasteiger partial charge in [-0.25, -0.2) is 13.4 Å². The second-order valence-electron chi connectivity index (χ2n) is 7.95. The topological polar surface area (TPSA) is 73.8 Å². The van der Waals surface area contributed by atoms with Gasteiger partial charge in [0.2, 0.25) is 15.9 Å². The molecule has 2 aliphatic rings. The number of benzene rings is 1. The monoisotopic (exact) mass is 436 g/mol. The quantitative estimate of drug-likeness (QED) is 0.631. The lowest BCUT2D eigenvalue weighted by Crippen LogP contribution is -2.62. The van der Waals surface area contributed by atoms with Gasteiger partial charge in [-0.1, -0.05) is 12.1 Å². The fourth-order valence-corrected chi connectivity index (χ4v) is 6.16. The lowest BCUT2D eigenvalue weighted by Gasteiger charge is -2.44. The van der Waals surface area contributed by atoms with Gasteiger partial charge in [0.1, 0.15) is 0 Å². The molecular formula is C20H28N4O3S2. The van der Waals surface area contributed by atoms with Gasteiger partial charge < -0.3 is 9.80 Å². The number of fused-ring (bicyclic) bond motifs is 1. The Balaban J connectivity index is 1.27. The van der Waals surface area contributed by atoms with Gasteiger partial charge in [-0.05, 0) is 38.1 Å². The Bertz CT molecular complexity index is 930. The van der Waals surface area contributed by atoms with Crippen molar-refractivity contribution in [3.8, 4) is 0 Å². The van der Waals surface area contributed by atoms with E-state index < -0.39 is 10.0 Å². The molecule has 0 atom stereocenters. The van der Waals surface area contributed by atoms with Gasteiger partial charge in [0, 0.05) is 39.0 Å². The number of aromatic nitrogens is 1. The second kappa shape index (κ2) is 8.67. The number of carbonyl (C=O) groups excluding carboxylic acids is 1. The van der Waals surface area contributed by atoms with Crippen LogP contribution < -0.4 is 0 Å². The molecule has 0 bridgehead atoms. The minimum Gasteiger partial charge on any atom is -0.339 e. The predicted octanol–water partition coefficient (Wildman–Crippen LogP) is 1.80. The number of carbonyl (C=O) groups is 1. The van der Waals surface area contributed by atoms with Crippen molar-refractivity contribution >= 4 is 37.5 Å². The Hall–Kier alpha value is -1.55. The highest BCUT2D eigenvalue weighted by Gasteiger charge is 2.38. The van der Waals surface area contributed by atoms with Crippen LogP contribution in [0.1, 0.15) is 24.3 Å². The number of likely N-dealkylation sites (tertiary alicyclic amines) is 2. The molecule has 29 heavy (non-hydrogen) atoms. The largest absolute Gasteiger partial charge is 0.339 e. The molecule has 0 spiro atoms. The molecule has 0 N–H and O–H groups in total. The van der Waals surface area contributed by atoms with E-state index >= 15 is 0 Å². The van der Waals surface area contributed by atoms with Crippen LogP contribution in [0.25, 0.3) is 10.2 Å². The summed E-state index contributed by atoms with van der Waals surface area (Å²) in [5, 5.41) is 0.972. The third kappa shape index (κ3) is 4.96. The average Bonchev–Trinajstić information content (AvgIpc) is 3.29. The summed E-state index contributed by atoms with van der Waals surface area (Å²) in [5.74, 6) is 0.0773. The zero-order chi connectivity index (χ0) is 20.4. The first-order valence-electron chi connectivity index (χ1n) is 10.2. The van der Waals surface area contributed by atoms with Crippen molar-refractivity contribution in [1.82, 2.24) is 19.1 Å². The van der Waals surface area contributed by atoms with Gasteiger partial charge in [0.25, 0.3) is 0 Å². The van der Waals surface area contributed by atoms with E-state index in [1.54, 1.807) is 20.5 Å². The van der Waals surface area contributed by atoms with E-state index in [4.69, 9.17) is 0 Å². The number of nitrogens with zero attached hydrogens (tertiary/aromatic N) is 4. The van der Waals surface area contributed by atoms with Crippen molar-refractivity contribution in [3.63, 3.8) is 0 Å². The molecule has 3 heterocycles. The molecule has 2 saturated heterocycles. The fraction of sp³-hybridized carbons (Fsp3) is 0.600. The molecule has 158 valence electrons. The first kappa shape index (κ1) is 20.7. The number of hydrogen-bond donors (Lipinski definition) is 0. The molecule has 1 aromatic heterocycles. The SMILES string of the molecule is CS(=O)(=O)N(CCN1CCCC1)C1CN(C(=O)CCc2nc3ccccc3s2)C1. The fourth-order valence-electron chi connectivity index (χ4n) is 4.11.